The summed E-state index contributed by atoms with van der Waals surface area (Å²) >= 11 is 0. The van der Waals surface area contributed by atoms with Gasteiger partial charge in [-0.25, -0.2) is 4.98 Å². The zero-order chi connectivity index (χ0) is 16.4. The molecule has 0 aliphatic carbocycles. The van der Waals surface area contributed by atoms with E-state index in [0.29, 0.717) is 23.4 Å². The number of aromatic nitrogens is 4. The Kier molecular flexibility index (Phi) is 3.55. The number of aromatic amines is 2. The third-order valence-electron chi connectivity index (χ3n) is 3.84. The highest BCUT2D eigenvalue weighted by molar-refractivity contribution is 5.78. The number of rotatable bonds is 4. The van der Waals surface area contributed by atoms with Crippen LogP contribution in [0.5, 0.6) is 0 Å². The fourth-order valence-corrected chi connectivity index (χ4v) is 2.57. The zero-order valence-corrected chi connectivity index (χ0v) is 12.8. The molecule has 4 rings (SSSR count). The molecule has 0 atom stereocenters. The minimum absolute atomic E-state index is 0.141. The van der Waals surface area contributed by atoms with Crippen molar-refractivity contribution in [1.82, 2.24) is 20.2 Å². The highest BCUT2D eigenvalue weighted by Gasteiger charge is 2.03. The Morgan fingerprint density at radius 3 is 2.62 bits per heavy atom. The van der Waals surface area contributed by atoms with Crippen LogP contribution in [0.4, 0.5) is 5.95 Å². The largest absolute Gasteiger partial charge is 0.352 e. The number of hydrogen-bond acceptors (Lipinski definition) is 4. The molecule has 6 nitrogen and oxygen atoms in total. The average Bonchev–Trinajstić information content (AvgIpc) is 3.15. The molecule has 118 valence electrons. The lowest BCUT2D eigenvalue weighted by Crippen LogP contribution is -2.13. The average molecular weight is 317 g/mol. The van der Waals surface area contributed by atoms with Gasteiger partial charge in [-0.15, -0.1) is 0 Å². The normalized spacial score (nSPS) is 10.8. The maximum Gasteiger partial charge on any atom is 0.260 e. The summed E-state index contributed by atoms with van der Waals surface area (Å²) < 4.78 is 0. The van der Waals surface area contributed by atoms with E-state index in [1.165, 1.54) is 0 Å². The van der Waals surface area contributed by atoms with Crippen LogP contribution in [0.1, 0.15) is 5.56 Å². The van der Waals surface area contributed by atoms with Gasteiger partial charge in [0, 0.05) is 12.7 Å². The van der Waals surface area contributed by atoms with Gasteiger partial charge in [0.1, 0.15) is 0 Å². The predicted molar refractivity (Wildman–Crippen MR) is 93.7 cm³/mol. The molecule has 4 aromatic rings. The first kappa shape index (κ1) is 14.2. The van der Waals surface area contributed by atoms with E-state index in [9.17, 15) is 4.79 Å². The molecule has 3 N–H and O–H groups in total. The number of nitrogens with zero attached hydrogens (tertiary/aromatic N) is 2. The van der Waals surface area contributed by atoms with Crippen molar-refractivity contribution in [3.05, 3.63) is 76.7 Å². The minimum Gasteiger partial charge on any atom is -0.352 e. The molecule has 0 spiro atoms. The van der Waals surface area contributed by atoms with E-state index in [1.807, 2.05) is 48.5 Å². The second kappa shape index (κ2) is 6.00. The lowest BCUT2D eigenvalue weighted by atomic mass is 10.1. The summed E-state index contributed by atoms with van der Waals surface area (Å²) in [7, 11) is 0. The number of fused-ring (bicyclic) bond motifs is 1. The fraction of sp³-hybridized carbons (Fsp3) is 0.0556. The van der Waals surface area contributed by atoms with Gasteiger partial charge < -0.3 is 5.32 Å². The summed E-state index contributed by atoms with van der Waals surface area (Å²) in [6.45, 7) is 0.574. The van der Waals surface area contributed by atoms with E-state index in [1.54, 1.807) is 12.3 Å². The second-order valence-electron chi connectivity index (χ2n) is 5.45. The first-order chi connectivity index (χ1) is 11.8. The number of para-hydroxylation sites is 1. The summed E-state index contributed by atoms with van der Waals surface area (Å²) in [6.07, 6.45) is 1.73. The van der Waals surface area contributed by atoms with Crippen molar-refractivity contribution in [1.29, 1.82) is 0 Å². The van der Waals surface area contributed by atoms with Gasteiger partial charge in [-0.1, -0.05) is 36.4 Å². The van der Waals surface area contributed by atoms with Crippen LogP contribution >= 0.6 is 0 Å². The van der Waals surface area contributed by atoms with Gasteiger partial charge in [0.15, 0.2) is 0 Å². The Hall–Kier alpha value is -3.41. The molecular formula is C18H15N5O. The Morgan fingerprint density at radius 2 is 1.83 bits per heavy atom. The lowest BCUT2D eigenvalue weighted by molar-refractivity contribution is 1.06. The van der Waals surface area contributed by atoms with Crippen molar-refractivity contribution in [3.8, 4) is 11.3 Å². The van der Waals surface area contributed by atoms with Crippen molar-refractivity contribution in [3.63, 3.8) is 0 Å². The van der Waals surface area contributed by atoms with Crippen molar-refractivity contribution in [2.75, 3.05) is 5.32 Å². The van der Waals surface area contributed by atoms with Gasteiger partial charge in [0.25, 0.3) is 5.56 Å². The van der Waals surface area contributed by atoms with Gasteiger partial charge in [0.05, 0.1) is 16.6 Å². The topological polar surface area (TPSA) is 86.5 Å². The van der Waals surface area contributed by atoms with E-state index < -0.39 is 0 Å². The maximum atomic E-state index is 12.0. The minimum atomic E-state index is -0.141. The molecule has 0 saturated carbocycles. The van der Waals surface area contributed by atoms with E-state index in [2.05, 4.69) is 25.5 Å². The summed E-state index contributed by atoms with van der Waals surface area (Å²) in [5.41, 5.74) is 3.69. The SMILES string of the molecule is O=c1[nH]c(NCc2ccc(-c3ccn[nH]3)cc2)nc2ccccc12. The quantitative estimate of drug-likeness (QED) is 0.540. The Bertz CT molecular complexity index is 1020. The first-order valence-electron chi connectivity index (χ1n) is 7.61. The van der Waals surface area contributed by atoms with Crippen LogP contribution in [0.2, 0.25) is 0 Å². The third kappa shape index (κ3) is 2.77. The van der Waals surface area contributed by atoms with E-state index in [-0.39, 0.29) is 5.56 Å². The van der Waals surface area contributed by atoms with Crippen LogP contribution in [0.15, 0.2) is 65.6 Å². The Balaban J connectivity index is 1.51. The fourth-order valence-electron chi connectivity index (χ4n) is 2.57. The van der Waals surface area contributed by atoms with Crippen LogP contribution in [0, 0.1) is 0 Å². The highest BCUT2D eigenvalue weighted by atomic mass is 16.1. The second-order valence-corrected chi connectivity index (χ2v) is 5.45. The molecule has 0 saturated heterocycles. The highest BCUT2D eigenvalue weighted by Crippen LogP contribution is 2.17. The predicted octanol–water partition coefficient (Wildman–Crippen LogP) is 2.93. The van der Waals surface area contributed by atoms with E-state index in [4.69, 9.17) is 0 Å². The summed E-state index contributed by atoms with van der Waals surface area (Å²) in [5.74, 6) is 0.469. The summed E-state index contributed by atoms with van der Waals surface area (Å²) in [6, 6.07) is 17.3. The standard InChI is InChI=1S/C18H15N5O/c24-17-14-3-1-2-4-16(14)21-18(22-17)19-11-12-5-7-13(8-6-12)15-9-10-20-23-15/h1-10H,11H2,(H,20,23)(H2,19,21,22,24). The van der Waals surface area contributed by atoms with Crippen LogP contribution in [0.25, 0.3) is 22.2 Å². The van der Waals surface area contributed by atoms with Gasteiger partial charge in [0.2, 0.25) is 5.95 Å². The van der Waals surface area contributed by atoms with Crippen molar-refractivity contribution in [2.24, 2.45) is 0 Å². The van der Waals surface area contributed by atoms with Gasteiger partial charge in [-0.3, -0.25) is 14.9 Å². The maximum absolute atomic E-state index is 12.0. The van der Waals surface area contributed by atoms with Gasteiger partial charge in [-0.2, -0.15) is 5.10 Å². The molecule has 2 aromatic heterocycles. The lowest BCUT2D eigenvalue weighted by Gasteiger charge is -2.07. The molecule has 0 aliphatic heterocycles. The van der Waals surface area contributed by atoms with Gasteiger partial charge in [-0.05, 0) is 29.3 Å². The molecule has 24 heavy (non-hydrogen) atoms. The molecule has 0 fully saturated rings. The Morgan fingerprint density at radius 1 is 1.00 bits per heavy atom. The van der Waals surface area contributed by atoms with Crippen molar-refractivity contribution in [2.45, 2.75) is 6.54 Å². The summed E-state index contributed by atoms with van der Waals surface area (Å²) in [4.78, 5) is 19.2. The van der Waals surface area contributed by atoms with Gasteiger partial charge >= 0.3 is 0 Å². The van der Waals surface area contributed by atoms with Crippen LogP contribution in [-0.2, 0) is 6.54 Å². The van der Waals surface area contributed by atoms with Crippen molar-refractivity contribution < 1.29 is 0 Å². The molecular weight excluding hydrogens is 302 g/mol. The number of nitrogens with one attached hydrogen (secondary N) is 3. The van der Waals surface area contributed by atoms with E-state index >= 15 is 0 Å². The molecule has 0 unspecified atom stereocenters. The molecule has 2 aromatic carbocycles. The van der Waals surface area contributed by atoms with Crippen LogP contribution in [-0.4, -0.2) is 20.2 Å². The molecule has 2 heterocycles. The number of anilines is 1. The summed E-state index contributed by atoms with van der Waals surface area (Å²) in [5, 5.41) is 10.6. The molecule has 0 bridgehead atoms. The molecule has 6 heteroatoms. The third-order valence-corrected chi connectivity index (χ3v) is 3.84. The molecule has 0 amide bonds. The number of H-pyrrole nitrogens is 2. The Labute approximate surface area is 137 Å². The molecule has 0 radical (unpaired) electrons. The number of hydrogen-bond donors (Lipinski definition) is 3. The van der Waals surface area contributed by atoms with Crippen molar-refractivity contribution >= 4 is 16.9 Å². The van der Waals surface area contributed by atoms with Crippen LogP contribution in [0.3, 0.4) is 0 Å². The zero-order valence-electron chi connectivity index (χ0n) is 12.8. The smallest absolute Gasteiger partial charge is 0.260 e. The van der Waals surface area contributed by atoms with E-state index in [0.717, 1.165) is 16.8 Å². The van der Waals surface area contributed by atoms with Crippen LogP contribution < -0.4 is 10.9 Å². The number of benzene rings is 2. The first-order valence-corrected chi connectivity index (χ1v) is 7.61. The monoisotopic (exact) mass is 317 g/mol. The molecule has 0 aliphatic rings.